The van der Waals surface area contributed by atoms with E-state index in [4.69, 9.17) is 0 Å². The molecule has 4 unspecified atom stereocenters. The Morgan fingerprint density at radius 3 is 2.53 bits per heavy atom. The molecule has 1 aliphatic heterocycles. The van der Waals surface area contributed by atoms with Gasteiger partial charge in [0.15, 0.2) is 9.84 Å². The Balaban J connectivity index is 2.19. The lowest BCUT2D eigenvalue weighted by Crippen LogP contribution is -2.48. The third-order valence-corrected chi connectivity index (χ3v) is 6.82. The number of sulfone groups is 1. The van der Waals surface area contributed by atoms with Crippen LogP contribution in [0.25, 0.3) is 0 Å². The molecule has 0 amide bonds. The summed E-state index contributed by atoms with van der Waals surface area (Å²) < 4.78 is 24.6. The molecule has 0 radical (unpaired) electrons. The first-order valence-corrected chi connectivity index (χ1v) is 8.59. The lowest BCUT2D eigenvalue weighted by molar-refractivity contribution is 0.236. The fraction of sp³-hybridized carbons (Fsp3) is 1.00. The molecule has 2 aliphatic rings. The second-order valence-corrected chi connectivity index (χ2v) is 8.52. The molecule has 1 aliphatic carbocycles. The molecular formula is C13H25NO2S. The molecule has 4 atom stereocenters. The maximum atomic E-state index is 12.3. The highest BCUT2D eigenvalue weighted by Crippen LogP contribution is 2.35. The Labute approximate surface area is 105 Å². The topological polar surface area (TPSA) is 46.2 Å². The Hall–Kier alpha value is -0.0900. The average Bonchev–Trinajstić information content (AvgIpc) is 2.36. The van der Waals surface area contributed by atoms with Gasteiger partial charge in [-0.3, -0.25) is 0 Å². The Bertz CT molecular complexity index is 364. The molecule has 1 saturated carbocycles. The first-order valence-electron chi connectivity index (χ1n) is 6.88. The predicted molar refractivity (Wildman–Crippen MR) is 70.8 cm³/mol. The molecule has 3 nitrogen and oxygen atoms in total. The molecule has 1 heterocycles. The Morgan fingerprint density at radius 2 is 1.88 bits per heavy atom. The second kappa shape index (κ2) is 4.88. The molecule has 17 heavy (non-hydrogen) atoms. The average molecular weight is 259 g/mol. The predicted octanol–water partition coefficient (Wildman–Crippen LogP) is 1.98. The zero-order valence-electron chi connectivity index (χ0n) is 11.1. The van der Waals surface area contributed by atoms with E-state index in [1.165, 1.54) is 6.42 Å². The van der Waals surface area contributed by atoms with Gasteiger partial charge in [0.25, 0.3) is 0 Å². The van der Waals surface area contributed by atoms with Crippen LogP contribution in [0, 0.1) is 11.8 Å². The fourth-order valence-corrected chi connectivity index (χ4v) is 5.53. The van der Waals surface area contributed by atoms with E-state index in [0.717, 1.165) is 19.3 Å². The van der Waals surface area contributed by atoms with Crippen molar-refractivity contribution < 1.29 is 8.42 Å². The maximum Gasteiger partial charge on any atom is 0.154 e. The molecule has 100 valence electrons. The summed E-state index contributed by atoms with van der Waals surface area (Å²) in [6.45, 7) is 6.53. The van der Waals surface area contributed by atoms with Crippen molar-refractivity contribution in [3.8, 4) is 0 Å². The summed E-state index contributed by atoms with van der Waals surface area (Å²) in [5.74, 6) is 1.56. The van der Waals surface area contributed by atoms with Crippen LogP contribution in [0.1, 0.15) is 46.5 Å². The third-order valence-electron chi connectivity index (χ3n) is 4.57. The fourth-order valence-electron chi connectivity index (χ4n) is 3.29. The summed E-state index contributed by atoms with van der Waals surface area (Å²) in [6, 6.07) is 0.544. The Kier molecular flexibility index (Phi) is 3.83. The molecule has 0 bridgehead atoms. The van der Waals surface area contributed by atoms with E-state index in [-0.39, 0.29) is 11.3 Å². The van der Waals surface area contributed by atoms with E-state index in [0.29, 0.717) is 23.6 Å². The van der Waals surface area contributed by atoms with Gasteiger partial charge in [0, 0.05) is 12.1 Å². The lowest BCUT2D eigenvalue weighted by Gasteiger charge is -2.37. The smallest absolute Gasteiger partial charge is 0.154 e. The summed E-state index contributed by atoms with van der Waals surface area (Å²) >= 11 is 0. The molecule has 2 fully saturated rings. The van der Waals surface area contributed by atoms with Crippen LogP contribution < -0.4 is 5.32 Å². The number of nitrogens with one attached hydrogen (secondary N) is 1. The van der Waals surface area contributed by atoms with Crippen molar-refractivity contribution in [2.24, 2.45) is 11.8 Å². The van der Waals surface area contributed by atoms with Crippen molar-refractivity contribution in [1.82, 2.24) is 5.32 Å². The van der Waals surface area contributed by atoms with E-state index in [1.807, 2.05) is 0 Å². The summed E-state index contributed by atoms with van der Waals surface area (Å²) in [6.07, 6.45) is 3.83. The summed E-state index contributed by atoms with van der Waals surface area (Å²) in [7, 11) is -2.88. The van der Waals surface area contributed by atoms with Crippen molar-refractivity contribution in [3.63, 3.8) is 0 Å². The zero-order chi connectivity index (χ0) is 12.6. The number of hydrogen-bond acceptors (Lipinski definition) is 3. The van der Waals surface area contributed by atoms with Gasteiger partial charge >= 0.3 is 0 Å². The Morgan fingerprint density at radius 1 is 1.18 bits per heavy atom. The van der Waals surface area contributed by atoms with E-state index in [9.17, 15) is 8.42 Å². The largest absolute Gasteiger partial charge is 0.310 e. The molecule has 2 rings (SSSR count). The maximum absolute atomic E-state index is 12.3. The van der Waals surface area contributed by atoms with Crippen LogP contribution in [0.4, 0.5) is 0 Å². The normalized spacial score (nSPS) is 41.9. The first-order chi connectivity index (χ1) is 7.90. The highest BCUT2D eigenvalue weighted by Gasteiger charge is 2.41. The van der Waals surface area contributed by atoms with E-state index in [2.05, 4.69) is 26.1 Å². The van der Waals surface area contributed by atoms with Crippen molar-refractivity contribution in [3.05, 3.63) is 0 Å². The number of hydrogen-bond donors (Lipinski definition) is 1. The summed E-state index contributed by atoms with van der Waals surface area (Å²) in [5.41, 5.74) is 0. The molecule has 0 spiro atoms. The van der Waals surface area contributed by atoms with Crippen LogP contribution in [0.15, 0.2) is 0 Å². The van der Waals surface area contributed by atoms with Crippen LogP contribution >= 0.6 is 0 Å². The van der Waals surface area contributed by atoms with Gasteiger partial charge in [0.1, 0.15) is 0 Å². The monoisotopic (exact) mass is 259 g/mol. The zero-order valence-corrected chi connectivity index (χ0v) is 12.0. The highest BCUT2D eigenvalue weighted by molar-refractivity contribution is 7.92. The molecule has 1 saturated heterocycles. The number of rotatable bonds is 1. The molecule has 4 heteroatoms. The molecule has 0 aromatic rings. The first kappa shape index (κ1) is 13.3. The minimum Gasteiger partial charge on any atom is -0.310 e. The minimum atomic E-state index is -2.88. The standard InChI is InChI=1S/C13H25NO2S/c1-9(2)11-4-5-12-13(8-11)17(15,16)7-6-10(3)14-12/h9-14H,4-8H2,1-3H3. The van der Waals surface area contributed by atoms with E-state index < -0.39 is 9.84 Å². The van der Waals surface area contributed by atoms with Gasteiger partial charge in [-0.15, -0.1) is 0 Å². The second-order valence-electron chi connectivity index (χ2n) is 6.19. The van der Waals surface area contributed by atoms with Crippen molar-refractivity contribution in [2.75, 3.05) is 5.75 Å². The summed E-state index contributed by atoms with van der Waals surface area (Å²) in [5, 5.41) is 3.39. The van der Waals surface area contributed by atoms with Gasteiger partial charge in [-0.05, 0) is 44.4 Å². The van der Waals surface area contributed by atoms with Crippen LogP contribution in [0.5, 0.6) is 0 Å². The van der Waals surface area contributed by atoms with Crippen molar-refractivity contribution in [2.45, 2.75) is 63.8 Å². The van der Waals surface area contributed by atoms with Crippen LogP contribution in [-0.2, 0) is 9.84 Å². The van der Waals surface area contributed by atoms with E-state index >= 15 is 0 Å². The molecule has 0 aromatic carbocycles. The van der Waals surface area contributed by atoms with Gasteiger partial charge < -0.3 is 5.32 Å². The lowest BCUT2D eigenvalue weighted by atomic mass is 9.79. The molecule has 1 N–H and O–H groups in total. The van der Waals surface area contributed by atoms with Gasteiger partial charge in [-0.25, -0.2) is 8.42 Å². The van der Waals surface area contributed by atoms with Crippen molar-refractivity contribution in [1.29, 1.82) is 0 Å². The van der Waals surface area contributed by atoms with Gasteiger partial charge in [-0.2, -0.15) is 0 Å². The van der Waals surface area contributed by atoms with Gasteiger partial charge in [0.05, 0.1) is 11.0 Å². The van der Waals surface area contributed by atoms with Crippen LogP contribution in [0.2, 0.25) is 0 Å². The molecular weight excluding hydrogens is 234 g/mol. The minimum absolute atomic E-state index is 0.131. The van der Waals surface area contributed by atoms with Crippen molar-refractivity contribution >= 4 is 9.84 Å². The van der Waals surface area contributed by atoms with Crippen LogP contribution in [0.3, 0.4) is 0 Å². The quantitative estimate of drug-likeness (QED) is 0.783. The summed E-state index contributed by atoms with van der Waals surface area (Å²) in [4.78, 5) is 0. The third kappa shape index (κ3) is 2.84. The molecule has 0 aromatic heterocycles. The highest BCUT2D eigenvalue weighted by atomic mass is 32.2. The van der Waals surface area contributed by atoms with E-state index in [1.54, 1.807) is 0 Å². The number of fused-ring (bicyclic) bond motifs is 1. The van der Waals surface area contributed by atoms with Gasteiger partial charge in [0.2, 0.25) is 0 Å². The SMILES string of the molecule is CC1CCS(=O)(=O)C2CC(C(C)C)CCC2N1. The van der Waals surface area contributed by atoms with Gasteiger partial charge in [-0.1, -0.05) is 13.8 Å². The van der Waals surface area contributed by atoms with Crippen LogP contribution in [-0.4, -0.2) is 31.5 Å².